The van der Waals surface area contributed by atoms with Gasteiger partial charge in [-0.15, -0.1) is 10.2 Å². The van der Waals surface area contributed by atoms with Crippen molar-refractivity contribution in [1.82, 2.24) is 24.6 Å². The normalized spacial score (nSPS) is 11.5. The molecule has 0 fully saturated rings. The Bertz CT molecular complexity index is 1290. The van der Waals surface area contributed by atoms with Crippen molar-refractivity contribution < 1.29 is 4.42 Å². The molecule has 0 amide bonds. The molecular formula is C21H17N5OS. The van der Waals surface area contributed by atoms with Crippen molar-refractivity contribution >= 4 is 28.4 Å². The highest BCUT2D eigenvalue weighted by atomic mass is 32.2. The lowest BCUT2D eigenvalue weighted by Gasteiger charge is -2.06. The van der Waals surface area contributed by atoms with Crippen molar-refractivity contribution in [1.29, 1.82) is 0 Å². The summed E-state index contributed by atoms with van der Waals surface area (Å²) in [5, 5.41) is 9.43. The minimum atomic E-state index is 0.642. The monoisotopic (exact) mass is 387 g/mol. The zero-order valence-electron chi connectivity index (χ0n) is 15.5. The van der Waals surface area contributed by atoms with Gasteiger partial charge < -0.3 is 4.42 Å². The largest absolute Gasteiger partial charge is 0.441 e. The first-order chi connectivity index (χ1) is 13.7. The van der Waals surface area contributed by atoms with E-state index in [0.717, 1.165) is 44.5 Å². The lowest BCUT2D eigenvalue weighted by atomic mass is 10.2. The van der Waals surface area contributed by atoms with E-state index in [1.165, 1.54) is 0 Å². The number of rotatable bonds is 4. The molecule has 138 valence electrons. The molecular weight excluding hydrogens is 370 g/mol. The Morgan fingerprint density at radius 1 is 0.929 bits per heavy atom. The molecule has 2 aromatic carbocycles. The Morgan fingerprint density at radius 3 is 2.57 bits per heavy atom. The maximum atomic E-state index is 5.87. The molecule has 0 spiro atoms. The lowest BCUT2D eigenvalue weighted by molar-refractivity contribution is 0.540. The van der Waals surface area contributed by atoms with Gasteiger partial charge in [0.05, 0.1) is 16.7 Å². The number of fused-ring (bicyclic) bond motifs is 3. The van der Waals surface area contributed by atoms with E-state index in [9.17, 15) is 0 Å². The molecule has 28 heavy (non-hydrogen) atoms. The number of aromatic nitrogens is 5. The van der Waals surface area contributed by atoms with Crippen molar-refractivity contribution in [3.63, 3.8) is 0 Å². The number of aryl methyl sites for hydroxylation is 2. The van der Waals surface area contributed by atoms with E-state index in [0.29, 0.717) is 11.6 Å². The molecule has 0 saturated heterocycles. The van der Waals surface area contributed by atoms with E-state index in [-0.39, 0.29) is 0 Å². The minimum absolute atomic E-state index is 0.642. The maximum absolute atomic E-state index is 5.87. The molecule has 5 aromatic rings. The standard InChI is InChI=1S/C21H17N5OS/c1-13-17(22-20(27-13)15-8-4-3-5-9-15)12-28-21-19-25-24-14(2)26(19)18-11-7-6-10-16(18)23-21/h3-11H,12H2,1-2H3. The second kappa shape index (κ2) is 6.76. The van der Waals surface area contributed by atoms with Crippen LogP contribution in [0.15, 0.2) is 64.0 Å². The molecule has 0 aliphatic heterocycles. The van der Waals surface area contributed by atoms with Gasteiger partial charge >= 0.3 is 0 Å². The molecule has 0 aliphatic carbocycles. The third kappa shape index (κ3) is 2.84. The summed E-state index contributed by atoms with van der Waals surface area (Å²) in [6, 6.07) is 18.0. The number of nitrogens with zero attached hydrogens (tertiary/aromatic N) is 5. The molecule has 0 aliphatic rings. The zero-order valence-corrected chi connectivity index (χ0v) is 16.3. The van der Waals surface area contributed by atoms with Crippen LogP contribution in [0.4, 0.5) is 0 Å². The topological polar surface area (TPSA) is 69.1 Å². The zero-order chi connectivity index (χ0) is 19.1. The lowest BCUT2D eigenvalue weighted by Crippen LogP contribution is -1.97. The molecule has 0 unspecified atom stereocenters. The van der Waals surface area contributed by atoms with Crippen LogP contribution in [0, 0.1) is 13.8 Å². The third-order valence-corrected chi connectivity index (χ3v) is 5.58. The van der Waals surface area contributed by atoms with Gasteiger partial charge in [-0.25, -0.2) is 9.97 Å². The molecule has 6 nitrogen and oxygen atoms in total. The predicted molar refractivity (Wildman–Crippen MR) is 109 cm³/mol. The first kappa shape index (κ1) is 16.9. The van der Waals surface area contributed by atoms with E-state index < -0.39 is 0 Å². The Balaban J connectivity index is 1.50. The highest BCUT2D eigenvalue weighted by molar-refractivity contribution is 7.98. The van der Waals surface area contributed by atoms with Crippen LogP contribution in [0.3, 0.4) is 0 Å². The predicted octanol–water partition coefficient (Wildman–Crippen LogP) is 4.84. The van der Waals surface area contributed by atoms with Gasteiger partial charge in [-0.05, 0) is 38.1 Å². The Kier molecular flexibility index (Phi) is 4.09. The summed E-state index contributed by atoms with van der Waals surface area (Å²) in [6.45, 7) is 3.90. The number of para-hydroxylation sites is 2. The van der Waals surface area contributed by atoms with Crippen molar-refractivity contribution in [2.24, 2.45) is 0 Å². The summed E-state index contributed by atoms with van der Waals surface area (Å²) in [7, 11) is 0. The highest BCUT2D eigenvalue weighted by Crippen LogP contribution is 2.30. The fourth-order valence-electron chi connectivity index (χ4n) is 3.20. The van der Waals surface area contributed by atoms with Crippen LogP contribution >= 0.6 is 11.8 Å². The summed E-state index contributed by atoms with van der Waals surface area (Å²) in [5.41, 5.74) is 4.58. The van der Waals surface area contributed by atoms with Gasteiger partial charge in [-0.3, -0.25) is 4.40 Å². The number of benzene rings is 2. The summed E-state index contributed by atoms with van der Waals surface area (Å²) in [6.07, 6.45) is 0. The first-order valence-electron chi connectivity index (χ1n) is 8.96. The SMILES string of the molecule is Cc1oc(-c2ccccc2)nc1CSc1nc2ccccc2n2c(C)nnc12. The molecule has 3 aromatic heterocycles. The maximum Gasteiger partial charge on any atom is 0.226 e. The summed E-state index contributed by atoms with van der Waals surface area (Å²) in [5.74, 6) is 2.96. The number of thioether (sulfide) groups is 1. The van der Waals surface area contributed by atoms with Crippen LogP contribution in [-0.4, -0.2) is 24.6 Å². The number of oxazole rings is 1. The molecule has 0 atom stereocenters. The molecule has 7 heteroatoms. The number of hydrogen-bond donors (Lipinski definition) is 0. The third-order valence-electron chi connectivity index (χ3n) is 4.62. The van der Waals surface area contributed by atoms with Crippen molar-refractivity contribution in [3.8, 4) is 11.5 Å². The quantitative estimate of drug-likeness (QED) is 0.411. The Hall–Kier alpha value is -3.19. The molecule has 0 N–H and O–H groups in total. The fraction of sp³-hybridized carbons (Fsp3) is 0.143. The fourth-order valence-corrected chi connectivity index (χ4v) is 4.16. The molecule has 3 heterocycles. The summed E-state index contributed by atoms with van der Waals surface area (Å²) >= 11 is 1.60. The average molecular weight is 387 g/mol. The molecule has 0 saturated carbocycles. The van der Waals surface area contributed by atoms with E-state index in [2.05, 4.69) is 19.6 Å². The molecule has 0 radical (unpaired) electrons. The van der Waals surface area contributed by atoms with E-state index in [1.807, 2.05) is 68.4 Å². The smallest absolute Gasteiger partial charge is 0.226 e. The van der Waals surface area contributed by atoms with Crippen LogP contribution in [0.25, 0.3) is 28.1 Å². The Morgan fingerprint density at radius 2 is 1.71 bits per heavy atom. The van der Waals surface area contributed by atoms with Crippen LogP contribution in [-0.2, 0) is 5.75 Å². The van der Waals surface area contributed by atoms with Crippen LogP contribution in [0.5, 0.6) is 0 Å². The van der Waals surface area contributed by atoms with Gasteiger partial charge in [0.2, 0.25) is 5.89 Å². The summed E-state index contributed by atoms with van der Waals surface area (Å²) < 4.78 is 7.92. The second-order valence-corrected chi connectivity index (χ2v) is 7.45. The van der Waals surface area contributed by atoms with Crippen LogP contribution < -0.4 is 0 Å². The Labute approximate surface area is 165 Å². The number of hydrogen-bond acceptors (Lipinski definition) is 6. The van der Waals surface area contributed by atoms with Gasteiger partial charge in [0.15, 0.2) is 5.65 Å². The van der Waals surface area contributed by atoms with Gasteiger partial charge in [0.1, 0.15) is 16.6 Å². The average Bonchev–Trinajstić information content (AvgIpc) is 3.30. The van der Waals surface area contributed by atoms with Crippen LogP contribution in [0.2, 0.25) is 0 Å². The van der Waals surface area contributed by atoms with Gasteiger partial charge in [0.25, 0.3) is 0 Å². The highest BCUT2D eigenvalue weighted by Gasteiger charge is 2.16. The molecule has 5 rings (SSSR count). The van der Waals surface area contributed by atoms with E-state index >= 15 is 0 Å². The minimum Gasteiger partial charge on any atom is -0.441 e. The van der Waals surface area contributed by atoms with Gasteiger partial charge in [0, 0.05) is 11.3 Å². The second-order valence-electron chi connectivity index (χ2n) is 6.49. The van der Waals surface area contributed by atoms with E-state index in [1.54, 1.807) is 11.8 Å². The van der Waals surface area contributed by atoms with Crippen molar-refractivity contribution in [2.75, 3.05) is 0 Å². The van der Waals surface area contributed by atoms with Gasteiger partial charge in [-0.2, -0.15) is 0 Å². The first-order valence-corrected chi connectivity index (χ1v) is 9.94. The summed E-state index contributed by atoms with van der Waals surface area (Å²) in [4.78, 5) is 9.49. The van der Waals surface area contributed by atoms with Crippen molar-refractivity contribution in [3.05, 3.63) is 71.9 Å². The van der Waals surface area contributed by atoms with E-state index in [4.69, 9.17) is 9.40 Å². The molecule has 0 bridgehead atoms. The van der Waals surface area contributed by atoms with Gasteiger partial charge in [-0.1, -0.05) is 42.1 Å². The van der Waals surface area contributed by atoms with Crippen LogP contribution in [0.1, 0.15) is 17.3 Å². The van der Waals surface area contributed by atoms with Crippen molar-refractivity contribution in [2.45, 2.75) is 24.6 Å².